The molecule has 7 heteroatoms. The van der Waals surface area contributed by atoms with Crippen LogP contribution in [0, 0.1) is 10.1 Å². The Morgan fingerprint density at radius 1 is 1.33 bits per heavy atom. The molecule has 0 bridgehead atoms. The molecule has 21 heavy (non-hydrogen) atoms. The molecule has 0 aliphatic heterocycles. The van der Waals surface area contributed by atoms with E-state index in [4.69, 9.17) is 5.73 Å². The van der Waals surface area contributed by atoms with Gasteiger partial charge < -0.3 is 11.1 Å². The summed E-state index contributed by atoms with van der Waals surface area (Å²) in [5.74, 6) is -0.306. The molecule has 7 nitrogen and oxygen atoms in total. The number of pyridine rings is 1. The van der Waals surface area contributed by atoms with Crippen LogP contribution in [0.5, 0.6) is 0 Å². The Balaban J connectivity index is 2.12. The molecular formula is C14H16N4O3. The quantitative estimate of drug-likeness (QED) is 0.461. The summed E-state index contributed by atoms with van der Waals surface area (Å²) in [5.41, 5.74) is 6.22. The third-order valence-corrected chi connectivity index (χ3v) is 3.11. The molecule has 0 fully saturated rings. The number of nitro benzene ring substituents is 1. The van der Waals surface area contributed by atoms with Crippen LogP contribution in [0.2, 0.25) is 0 Å². The minimum Gasteiger partial charge on any atom is -0.384 e. The fourth-order valence-electron chi connectivity index (χ4n) is 2.11. The maximum Gasteiger partial charge on any atom is 0.295 e. The number of amides is 1. The normalized spacial score (nSPS) is 10.5. The summed E-state index contributed by atoms with van der Waals surface area (Å²) in [6.45, 7) is 0.662. The SMILES string of the molecule is NC(=O)CCCCNc1ccc([N+](=O)[O-])c2ncccc12. The molecule has 1 amide bonds. The van der Waals surface area contributed by atoms with Crippen LogP contribution < -0.4 is 11.1 Å². The van der Waals surface area contributed by atoms with Gasteiger partial charge in [-0.2, -0.15) is 0 Å². The van der Waals surface area contributed by atoms with Gasteiger partial charge in [-0.05, 0) is 31.0 Å². The summed E-state index contributed by atoms with van der Waals surface area (Å²) >= 11 is 0. The largest absolute Gasteiger partial charge is 0.384 e. The van der Waals surface area contributed by atoms with Gasteiger partial charge in [-0.15, -0.1) is 0 Å². The zero-order valence-electron chi connectivity index (χ0n) is 11.4. The molecule has 0 aliphatic rings. The number of unbranched alkanes of at least 4 members (excludes halogenated alkanes) is 1. The second-order valence-electron chi connectivity index (χ2n) is 4.64. The monoisotopic (exact) mass is 288 g/mol. The maximum atomic E-state index is 11.0. The molecule has 0 saturated carbocycles. The Hall–Kier alpha value is -2.70. The summed E-state index contributed by atoms with van der Waals surface area (Å²) in [7, 11) is 0. The molecule has 0 aliphatic carbocycles. The minimum absolute atomic E-state index is 0.00937. The number of carbonyl (C=O) groups excluding carboxylic acids is 1. The number of nitrogens with one attached hydrogen (secondary N) is 1. The first-order valence-corrected chi connectivity index (χ1v) is 6.64. The van der Waals surface area contributed by atoms with E-state index in [-0.39, 0.29) is 11.6 Å². The average Bonchev–Trinajstić information content (AvgIpc) is 2.46. The first kappa shape index (κ1) is 14.7. The second kappa shape index (κ2) is 6.65. The third-order valence-electron chi connectivity index (χ3n) is 3.11. The highest BCUT2D eigenvalue weighted by atomic mass is 16.6. The number of hydrogen-bond acceptors (Lipinski definition) is 5. The summed E-state index contributed by atoms with van der Waals surface area (Å²) in [6, 6.07) is 6.66. The number of non-ortho nitro benzene ring substituents is 1. The highest BCUT2D eigenvalue weighted by Crippen LogP contribution is 2.29. The van der Waals surface area contributed by atoms with Crippen LogP contribution in [0.4, 0.5) is 11.4 Å². The molecule has 0 spiro atoms. The number of rotatable bonds is 7. The molecule has 0 saturated heterocycles. The van der Waals surface area contributed by atoms with Gasteiger partial charge in [0.2, 0.25) is 5.91 Å². The van der Waals surface area contributed by atoms with Crippen molar-refractivity contribution in [2.24, 2.45) is 5.73 Å². The van der Waals surface area contributed by atoms with Crippen molar-refractivity contribution in [3.05, 3.63) is 40.6 Å². The van der Waals surface area contributed by atoms with Crippen LogP contribution in [0.3, 0.4) is 0 Å². The van der Waals surface area contributed by atoms with E-state index in [0.29, 0.717) is 30.3 Å². The number of nitro groups is 1. The molecule has 1 aromatic carbocycles. The van der Waals surface area contributed by atoms with Crippen LogP contribution in [-0.2, 0) is 4.79 Å². The van der Waals surface area contributed by atoms with Gasteiger partial charge in [-0.25, -0.2) is 4.98 Å². The van der Waals surface area contributed by atoms with E-state index in [1.165, 1.54) is 12.3 Å². The predicted molar refractivity (Wildman–Crippen MR) is 79.9 cm³/mol. The van der Waals surface area contributed by atoms with E-state index in [1.807, 2.05) is 0 Å². The topological polar surface area (TPSA) is 111 Å². The van der Waals surface area contributed by atoms with Crippen molar-refractivity contribution in [1.82, 2.24) is 4.98 Å². The van der Waals surface area contributed by atoms with Crippen LogP contribution in [0.1, 0.15) is 19.3 Å². The Kier molecular flexibility index (Phi) is 4.65. The summed E-state index contributed by atoms with van der Waals surface area (Å²) in [4.78, 5) is 25.3. The number of nitrogens with two attached hydrogens (primary N) is 1. The lowest BCUT2D eigenvalue weighted by atomic mass is 10.1. The van der Waals surface area contributed by atoms with Crippen molar-refractivity contribution < 1.29 is 9.72 Å². The van der Waals surface area contributed by atoms with E-state index in [0.717, 1.165) is 12.1 Å². The second-order valence-corrected chi connectivity index (χ2v) is 4.64. The molecule has 0 atom stereocenters. The van der Waals surface area contributed by atoms with E-state index in [9.17, 15) is 14.9 Å². The summed E-state index contributed by atoms with van der Waals surface area (Å²) < 4.78 is 0. The van der Waals surface area contributed by atoms with Gasteiger partial charge in [0.25, 0.3) is 5.69 Å². The van der Waals surface area contributed by atoms with E-state index in [2.05, 4.69) is 10.3 Å². The van der Waals surface area contributed by atoms with Crippen molar-refractivity contribution in [2.45, 2.75) is 19.3 Å². The van der Waals surface area contributed by atoms with Crippen LogP contribution in [-0.4, -0.2) is 22.4 Å². The minimum atomic E-state index is -0.439. The lowest BCUT2D eigenvalue weighted by Gasteiger charge is -2.09. The van der Waals surface area contributed by atoms with Gasteiger partial charge in [-0.3, -0.25) is 14.9 Å². The fraction of sp³-hybridized carbons (Fsp3) is 0.286. The van der Waals surface area contributed by atoms with Crippen molar-refractivity contribution >= 4 is 28.2 Å². The fourth-order valence-corrected chi connectivity index (χ4v) is 2.11. The molecular weight excluding hydrogens is 272 g/mol. The number of fused-ring (bicyclic) bond motifs is 1. The number of nitrogens with zero attached hydrogens (tertiary/aromatic N) is 2. The smallest absolute Gasteiger partial charge is 0.295 e. The maximum absolute atomic E-state index is 11.0. The molecule has 2 aromatic rings. The zero-order valence-corrected chi connectivity index (χ0v) is 11.4. The van der Waals surface area contributed by atoms with Crippen LogP contribution in [0.25, 0.3) is 10.9 Å². The Bertz CT molecular complexity index is 672. The van der Waals surface area contributed by atoms with Gasteiger partial charge in [-0.1, -0.05) is 0 Å². The van der Waals surface area contributed by atoms with Gasteiger partial charge >= 0.3 is 0 Å². The molecule has 1 heterocycles. The van der Waals surface area contributed by atoms with Crippen molar-refractivity contribution in [1.29, 1.82) is 0 Å². The number of aromatic nitrogens is 1. The number of hydrogen-bond donors (Lipinski definition) is 2. The number of primary amides is 1. The lowest BCUT2D eigenvalue weighted by Crippen LogP contribution is -2.11. The lowest BCUT2D eigenvalue weighted by molar-refractivity contribution is -0.383. The average molecular weight is 288 g/mol. The third kappa shape index (κ3) is 3.65. The Morgan fingerprint density at radius 3 is 2.86 bits per heavy atom. The van der Waals surface area contributed by atoms with Gasteiger partial charge in [0.05, 0.1) is 4.92 Å². The van der Waals surface area contributed by atoms with Crippen LogP contribution >= 0.6 is 0 Å². The zero-order chi connectivity index (χ0) is 15.2. The Morgan fingerprint density at radius 2 is 2.14 bits per heavy atom. The molecule has 110 valence electrons. The predicted octanol–water partition coefficient (Wildman–Crippen LogP) is 2.21. The van der Waals surface area contributed by atoms with E-state index < -0.39 is 4.92 Å². The summed E-state index contributed by atoms with van der Waals surface area (Å²) in [5, 5.41) is 14.9. The molecule has 0 radical (unpaired) electrons. The van der Waals surface area contributed by atoms with Crippen molar-refractivity contribution in [2.75, 3.05) is 11.9 Å². The van der Waals surface area contributed by atoms with Gasteiger partial charge in [0.1, 0.15) is 5.52 Å². The number of anilines is 1. The number of benzene rings is 1. The molecule has 2 rings (SSSR count). The Labute approximate surface area is 121 Å². The molecule has 1 aromatic heterocycles. The van der Waals surface area contributed by atoms with Crippen molar-refractivity contribution in [3.8, 4) is 0 Å². The van der Waals surface area contributed by atoms with Crippen LogP contribution in [0.15, 0.2) is 30.5 Å². The van der Waals surface area contributed by atoms with E-state index >= 15 is 0 Å². The standard InChI is InChI=1S/C14H16N4O3/c15-13(19)5-1-2-8-16-11-6-7-12(18(20)21)14-10(11)4-3-9-17-14/h3-4,6-7,9,16H,1-2,5,8H2,(H2,15,19). The highest BCUT2D eigenvalue weighted by molar-refractivity contribution is 5.96. The first-order valence-electron chi connectivity index (χ1n) is 6.64. The molecule has 3 N–H and O–H groups in total. The number of carbonyl (C=O) groups is 1. The van der Waals surface area contributed by atoms with Gasteiger partial charge in [0.15, 0.2) is 0 Å². The van der Waals surface area contributed by atoms with E-state index in [1.54, 1.807) is 18.2 Å². The highest BCUT2D eigenvalue weighted by Gasteiger charge is 2.14. The first-order chi connectivity index (χ1) is 10.1. The van der Waals surface area contributed by atoms with Crippen molar-refractivity contribution in [3.63, 3.8) is 0 Å². The van der Waals surface area contributed by atoms with Gasteiger partial charge in [0, 0.05) is 36.3 Å². The molecule has 0 unspecified atom stereocenters. The summed E-state index contributed by atoms with van der Waals surface area (Å²) in [6.07, 6.45) is 3.41.